The molecule has 0 aromatic heterocycles. The number of ether oxygens (including phenoxy) is 1. The first-order valence-electron chi connectivity index (χ1n) is 5.39. The summed E-state index contributed by atoms with van der Waals surface area (Å²) in [5.41, 5.74) is 6.80. The Morgan fingerprint density at radius 2 is 2.38 bits per heavy atom. The van der Waals surface area contributed by atoms with Crippen LogP contribution in [0.25, 0.3) is 0 Å². The van der Waals surface area contributed by atoms with Crippen LogP contribution in [0.3, 0.4) is 0 Å². The largest absolute Gasteiger partial charge is 0.399 e. The average molecular weight is 222 g/mol. The minimum Gasteiger partial charge on any atom is -0.399 e. The van der Waals surface area contributed by atoms with Crippen LogP contribution in [0.2, 0.25) is 0 Å². The van der Waals surface area contributed by atoms with E-state index in [0.29, 0.717) is 18.2 Å². The molecular formula is C12H18N2O2. The average Bonchev–Trinajstić information content (AvgIpc) is 2.71. The SMILES string of the molecule is C[C@@H]1CCCO1.Nc1cccc(NC=O)c1. The molecule has 0 unspecified atom stereocenters. The summed E-state index contributed by atoms with van der Waals surface area (Å²) < 4.78 is 5.15. The molecule has 0 radical (unpaired) electrons. The molecule has 0 bridgehead atoms. The number of nitrogens with one attached hydrogen (secondary N) is 1. The topological polar surface area (TPSA) is 64.3 Å². The van der Waals surface area contributed by atoms with Crippen LogP contribution in [0.1, 0.15) is 19.8 Å². The summed E-state index contributed by atoms with van der Waals surface area (Å²) in [6.07, 6.45) is 3.70. The van der Waals surface area contributed by atoms with E-state index in [1.54, 1.807) is 24.3 Å². The third kappa shape index (κ3) is 4.79. The Morgan fingerprint density at radius 3 is 2.81 bits per heavy atom. The number of hydrogen-bond acceptors (Lipinski definition) is 3. The number of anilines is 2. The van der Waals surface area contributed by atoms with Crippen LogP contribution < -0.4 is 11.1 Å². The molecule has 1 aromatic carbocycles. The van der Waals surface area contributed by atoms with E-state index in [9.17, 15) is 4.79 Å². The second kappa shape index (κ2) is 6.85. The number of benzene rings is 1. The van der Waals surface area contributed by atoms with Crippen molar-refractivity contribution in [3.63, 3.8) is 0 Å². The molecule has 1 atom stereocenters. The van der Waals surface area contributed by atoms with Gasteiger partial charge in [0.1, 0.15) is 0 Å². The van der Waals surface area contributed by atoms with Crippen molar-refractivity contribution in [2.45, 2.75) is 25.9 Å². The zero-order valence-corrected chi connectivity index (χ0v) is 9.48. The predicted octanol–water partition coefficient (Wildman–Crippen LogP) is 2.02. The summed E-state index contributed by atoms with van der Waals surface area (Å²) in [7, 11) is 0. The fourth-order valence-corrected chi connectivity index (χ4v) is 1.44. The van der Waals surface area contributed by atoms with Crippen molar-refractivity contribution >= 4 is 17.8 Å². The van der Waals surface area contributed by atoms with Crippen LogP contribution >= 0.6 is 0 Å². The lowest BCUT2D eigenvalue weighted by atomic mass is 10.3. The summed E-state index contributed by atoms with van der Waals surface area (Å²) in [5, 5.41) is 2.49. The van der Waals surface area contributed by atoms with Crippen LogP contribution in [-0.4, -0.2) is 19.1 Å². The van der Waals surface area contributed by atoms with Crippen molar-refractivity contribution in [2.24, 2.45) is 0 Å². The number of amides is 1. The first kappa shape index (κ1) is 12.5. The molecule has 1 aliphatic heterocycles. The number of carbonyl (C=O) groups excluding carboxylic acids is 1. The number of nitrogen functional groups attached to an aromatic ring is 1. The molecule has 1 aromatic rings. The molecule has 3 N–H and O–H groups in total. The monoisotopic (exact) mass is 222 g/mol. The first-order chi connectivity index (χ1) is 7.72. The maximum atomic E-state index is 9.93. The molecule has 4 nitrogen and oxygen atoms in total. The van der Waals surface area contributed by atoms with Gasteiger partial charge < -0.3 is 15.8 Å². The molecule has 1 aliphatic rings. The van der Waals surface area contributed by atoms with Gasteiger partial charge in [0.15, 0.2) is 0 Å². The highest BCUT2D eigenvalue weighted by molar-refractivity contribution is 5.72. The number of nitrogens with two attached hydrogens (primary N) is 1. The summed E-state index contributed by atoms with van der Waals surface area (Å²) in [4.78, 5) is 9.93. The Kier molecular flexibility index (Phi) is 5.36. The molecule has 1 saturated heterocycles. The van der Waals surface area contributed by atoms with Gasteiger partial charge in [0.2, 0.25) is 6.41 Å². The van der Waals surface area contributed by atoms with E-state index >= 15 is 0 Å². The normalized spacial score (nSPS) is 18.4. The molecule has 0 spiro atoms. The van der Waals surface area contributed by atoms with Crippen LogP contribution in [0.15, 0.2) is 24.3 Å². The van der Waals surface area contributed by atoms with Gasteiger partial charge in [-0.05, 0) is 38.0 Å². The van der Waals surface area contributed by atoms with E-state index in [2.05, 4.69) is 12.2 Å². The molecule has 88 valence electrons. The summed E-state index contributed by atoms with van der Waals surface area (Å²) in [6.45, 7) is 3.11. The highest BCUT2D eigenvalue weighted by atomic mass is 16.5. The standard InChI is InChI=1S/C7H8N2O.C5H10O/c8-6-2-1-3-7(4-6)9-5-10;1-5-3-2-4-6-5/h1-5H,8H2,(H,9,10);5H,2-4H2,1H3/t;5-/m.1/s1. The molecule has 0 saturated carbocycles. The van der Waals surface area contributed by atoms with E-state index in [1.807, 2.05) is 0 Å². The maximum absolute atomic E-state index is 9.93. The smallest absolute Gasteiger partial charge is 0.211 e. The van der Waals surface area contributed by atoms with Crippen LogP contribution in [0, 0.1) is 0 Å². The second-order valence-electron chi connectivity index (χ2n) is 3.71. The van der Waals surface area contributed by atoms with Gasteiger partial charge in [0, 0.05) is 18.0 Å². The Labute approximate surface area is 95.8 Å². The zero-order chi connectivity index (χ0) is 11.8. The van der Waals surface area contributed by atoms with E-state index < -0.39 is 0 Å². The van der Waals surface area contributed by atoms with Crippen LogP contribution in [0.4, 0.5) is 11.4 Å². The van der Waals surface area contributed by atoms with Gasteiger partial charge in [-0.2, -0.15) is 0 Å². The predicted molar refractivity (Wildman–Crippen MR) is 65.2 cm³/mol. The van der Waals surface area contributed by atoms with Crippen molar-refractivity contribution in [2.75, 3.05) is 17.7 Å². The van der Waals surface area contributed by atoms with Gasteiger partial charge in [0.05, 0.1) is 6.10 Å². The lowest BCUT2D eigenvalue weighted by Crippen LogP contribution is -1.94. The van der Waals surface area contributed by atoms with E-state index in [1.165, 1.54) is 12.8 Å². The number of rotatable bonds is 2. The minimum atomic E-state index is 0.546. The second-order valence-corrected chi connectivity index (χ2v) is 3.71. The molecule has 1 amide bonds. The Bertz CT molecular complexity index is 323. The van der Waals surface area contributed by atoms with Gasteiger partial charge in [-0.15, -0.1) is 0 Å². The van der Waals surface area contributed by atoms with Crippen molar-refractivity contribution in [1.82, 2.24) is 0 Å². The molecule has 4 heteroatoms. The highest BCUT2D eigenvalue weighted by Gasteiger charge is 2.07. The number of hydrogen-bond donors (Lipinski definition) is 2. The molecule has 1 fully saturated rings. The fraction of sp³-hybridized carbons (Fsp3) is 0.417. The Hall–Kier alpha value is -1.55. The molecule has 2 rings (SSSR count). The fourth-order valence-electron chi connectivity index (χ4n) is 1.44. The van der Waals surface area contributed by atoms with Crippen molar-refractivity contribution < 1.29 is 9.53 Å². The zero-order valence-electron chi connectivity index (χ0n) is 9.48. The van der Waals surface area contributed by atoms with Crippen molar-refractivity contribution in [1.29, 1.82) is 0 Å². The lowest BCUT2D eigenvalue weighted by Gasteiger charge is -1.97. The van der Waals surface area contributed by atoms with Gasteiger partial charge in [0.25, 0.3) is 0 Å². The third-order valence-corrected chi connectivity index (χ3v) is 2.27. The van der Waals surface area contributed by atoms with Gasteiger partial charge in [-0.3, -0.25) is 4.79 Å². The Balaban J connectivity index is 0.000000181. The third-order valence-electron chi connectivity index (χ3n) is 2.27. The van der Waals surface area contributed by atoms with Gasteiger partial charge in [-0.25, -0.2) is 0 Å². The molecule has 16 heavy (non-hydrogen) atoms. The summed E-state index contributed by atoms with van der Waals surface area (Å²) in [5.74, 6) is 0. The van der Waals surface area contributed by atoms with E-state index in [0.717, 1.165) is 12.3 Å². The summed E-state index contributed by atoms with van der Waals surface area (Å²) in [6, 6.07) is 7.00. The van der Waals surface area contributed by atoms with Crippen LogP contribution in [0.5, 0.6) is 0 Å². The summed E-state index contributed by atoms with van der Waals surface area (Å²) >= 11 is 0. The Morgan fingerprint density at radius 1 is 1.56 bits per heavy atom. The van der Waals surface area contributed by atoms with Crippen molar-refractivity contribution in [3.05, 3.63) is 24.3 Å². The van der Waals surface area contributed by atoms with Crippen molar-refractivity contribution in [3.8, 4) is 0 Å². The lowest BCUT2D eigenvalue weighted by molar-refractivity contribution is -0.105. The first-order valence-corrected chi connectivity index (χ1v) is 5.39. The quantitative estimate of drug-likeness (QED) is 0.594. The maximum Gasteiger partial charge on any atom is 0.211 e. The molecule has 0 aliphatic carbocycles. The van der Waals surface area contributed by atoms with Gasteiger partial charge in [-0.1, -0.05) is 6.07 Å². The van der Waals surface area contributed by atoms with E-state index in [4.69, 9.17) is 10.5 Å². The van der Waals surface area contributed by atoms with Gasteiger partial charge >= 0.3 is 0 Å². The molecular weight excluding hydrogens is 204 g/mol. The molecule has 1 heterocycles. The highest BCUT2D eigenvalue weighted by Crippen LogP contribution is 2.10. The number of carbonyl (C=O) groups is 1. The van der Waals surface area contributed by atoms with E-state index in [-0.39, 0.29) is 0 Å². The van der Waals surface area contributed by atoms with Crippen LogP contribution in [-0.2, 0) is 9.53 Å². The minimum absolute atomic E-state index is 0.546.